The summed E-state index contributed by atoms with van der Waals surface area (Å²) in [5.41, 5.74) is 5.86. The first kappa shape index (κ1) is 36.3. The SMILES string of the molecule is CC.CC(F)(F)Cc1ccnc(-c2ccccc2)c1.CC(F)(F)c1ccnc(-c2ccccc2)c1.c1ccc(-c2ccccn2)cc1. The molecule has 3 aromatic heterocycles. The normalized spacial score (nSPS) is 10.6. The largest absolute Gasteiger partial charge is 0.270 e. The lowest BCUT2D eigenvalue weighted by molar-refractivity contribution is 0.0173. The molecule has 0 fully saturated rings. The Morgan fingerprint density at radius 3 is 1.34 bits per heavy atom. The quantitative estimate of drug-likeness (QED) is 0.171. The summed E-state index contributed by atoms with van der Waals surface area (Å²) in [5.74, 6) is -5.51. The molecule has 6 rings (SSSR count). The van der Waals surface area contributed by atoms with Gasteiger partial charge in [-0.05, 0) is 48.9 Å². The van der Waals surface area contributed by atoms with Gasteiger partial charge in [0, 0.05) is 54.2 Å². The van der Waals surface area contributed by atoms with E-state index in [1.807, 2.05) is 117 Å². The Morgan fingerprint density at radius 1 is 0.468 bits per heavy atom. The minimum atomic E-state index is -2.83. The van der Waals surface area contributed by atoms with E-state index in [2.05, 4.69) is 27.1 Å². The van der Waals surface area contributed by atoms with Gasteiger partial charge in [0.25, 0.3) is 5.92 Å². The second-order valence-electron chi connectivity index (χ2n) is 10.4. The molecule has 3 heterocycles. The number of aromatic nitrogens is 3. The van der Waals surface area contributed by atoms with Crippen molar-refractivity contribution in [1.82, 2.24) is 15.0 Å². The molecular weight excluding hydrogens is 598 g/mol. The van der Waals surface area contributed by atoms with Gasteiger partial charge in [0.05, 0.1) is 17.1 Å². The summed E-state index contributed by atoms with van der Waals surface area (Å²) in [6.45, 7) is 5.81. The third-order valence-electron chi connectivity index (χ3n) is 6.48. The van der Waals surface area contributed by atoms with Crippen LogP contribution in [0.1, 0.15) is 38.8 Å². The van der Waals surface area contributed by atoms with Gasteiger partial charge in [0.2, 0.25) is 5.92 Å². The maximum Gasteiger partial charge on any atom is 0.270 e. The predicted octanol–water partition coefficient (Wildman–Crippen LogP) is 11.6. The summed E-state index contributed by atoms with van der Waals surface area (Å²) in [5, 5.41) is 0. The summed E-state index contributed by atoms with van der Waals surface area (Å²) < 4.78 is 52.1. The van der Waals surface area contributed by atoms with Crippen molar-refractivity contribution in [3.8, 4) is 33.8 Å². The predicted molar refractivity (Wildman–Crippen MR) is 184 cm³/mol. The summed E-state index contributed by atoms with van der Waals surface area (Å²) in [4.78, 5) is 12.5. The molecule has 242 valence electrons. The van der Waals surface area contributed by atoms with E-state index in [1.165, 1.54) is 18.3 Å². The van der Waals surface area contributed by atoms with Gasteiger partial charge in [-0.1, -0.05) is 111 Å². The van der Waals surface area contributed by atoms with E-state index >= 15 is 0 Å². The van der Waals surface area contributed by atoms with E-state index in [0.29, 0.717) is 11.3 Å². The molecule has 7 heteroatoms. The molecule has 6 aromatic rings. The number of nitrogens with zero attached hydrogens (tertiary/aromatic N) is 3. The molecule has 0 aliphatic carbocycles. The number of alkyl halides is 4. The van der Waals surface area contributed by atoms with E-state index < -0.39 is 11.8 Å². The Bertz CT molecular complexity index is 1680. The highest BCUT2D eigenvalue weighted by Crippen LogP contribution is 2.29. The lowest BCUT2D eigenvalue weighted by Crippen LogP contribution is -2.13. The fourth-order valence-corrected chi connectivity index (χ4v) is 4.32. The molecule has 0 aliphatic rings. The fourth-order valence-electron chi connectivity index (χ4n) is 4.32. The van der Waals surface area contributed by atoms with Gasteiger partial charge in [0.1, 0.15) is 0 Å². The van der Waals surface area contributed by atoms with Gasteiger partial charge in [-0.25, -0.2) is 17.6 Å². The first-order valence-electron chi connectivity index (χ1n) is 15.3. The van der Waals surface area contributed by atoms with Crippen LogP contribution in [-0.4, -0.2) is 20.9 Å². The van der Waals surface area contributed by atoms with Crippen LogP contribution in [0, 0.1) is 0 Å². The van der Waals surface area contributed by atoms with Crippen molar-refractivity contribution in [2.75, 3.05) is 0 Å². The maximum atomic E-state index is 13.1. The Balaban J connectivity index is 0.000000189. The molecule has 3 aromatic carbocycles. The molecule has 47 heavy (non-hydrogen) atoms. The van der Waals surface area contributed by atoms with Crippen LogP contribution < -0.4 is 0 Å². The third-order valence-corrected chi connectivity index (χ3v) is 6.48. The van der Waals surface area contributed by atoms with Crippen molar-refractivity contribution >= 4 is 0 Å². The second-order valence-corrected chi connectivity index (χ2v) is 10.4. The zero-order valence-corrected chi connectivity index (χ0v) is 27.0. The molecule has 3 nitrogen and oxygen atoms in total. The lowest BCUT2D eigenvalue weighted by Gasteiger charge is -2.11. The van der Waals surface area contributed by atoms with Gasteiger partial charge in [-0.2, -0.15) is 0 Å². The Morgan fingerprint density at radius 2 is 0.894 bits per heavy atom. The molecule has 0 radical (unpaired) electrons. The fraction of sp³-hybridized carbons (Fsp3) is 0.175. The minimum absolute atomic E-state index is 0.0126. The van der Waals surface area contributed by atoms with Crippen molar-refractivity contribution in [3.63, 3.8) is 0 Å². The minimum Gasteiger partial charge on any atom is -0.256 e. The van der Waals surface area contributed by atoms with Crippen molar-refractivity contribution in [2.45, 2.75) is 46.0 Å². The van der Waals surface area contributed by atoms with Crippen LogP contribution >= 0.6 is 0 Å². The molecule has 0 bridgehead atoms. The van der Waals surface area contributed by atoms with Gasteiger partial charge in [-0.3, -0.25) is 15.0 Å². The van der Waals surface area contributed by atoms with Crippen molar-refractivity contribution < 1.29 is 17.6 Å². The van der Waals surface area contributed by atoms with Crippen LogP contribution in [0.4, 0.5) is 17.6 Å². The van der Waals surface area contributed by atoms with Crippen LogP contribution in [0.3, 0.4) is 0 Å². The second kappa shape index (κ2) is 18.1. The van der Waals surface area contributed by atoms with E-state index in [-0.39, 0.29) is 12.0 Å². The zero-order valence-electron chi connectivity index (χ0n) is 27.0. The molecule has 0 atom stereocenters. The first-order chi connectivity index (χ1) is 22.6. The Labute approximate surface area is 275 Å². The average Bonchev–Trinajstić information content (AvgIpc) is 3.10. The average molecular weight is 638 g/mol. The highest BCUT2D eigenvalue weighted by molar-refractivity contribution is 5.60. The summed E-state index contributed by atoms with van der Waals surface area (Å²) in [7, 11) is 0. The van der Waals surface area contributed by atoms with Crippen molar-refractivity contribution in [1.29, 1.82) is 0 Å². The molecule has 0 unspecified atom stereocenters. The maximum absolute atomic E-state index is 13.1. The summed E-state index contributed by atoms with van der Waals surface area (Å²) >= 11 is 0. The number of hydrogen-bond acceptors (Lipinski definition) is 3. The number of rotatable bonds is 6. The van der Waals surface area contributed by atoms with Gasteiger partial charge >= 0.3 is 0 Å². The number of hydrogen-bond donors (Lipinski definition) is 0. The van der Waals surface area contributed by atoms with E-state index in [1.54, 1.807) is 18.3 Å². The van der Waals surface area contributed by atoms with Crippen LogP contribution in [-0.2, 0) is 12.3 Å². The third kappa shape index (κ3) is 12.6. The highest BCUT2D eigenvalue weighted by Gasteiger charge is 2.24. The monoisotopic (exact) mass is 637 g/mol. The summed E-state index contributed by atoms with van der Waals surface area (Å²) in [6, 6.07) is 41.0. The highest BCUT2D eigenvalue weighted by atomic mass is 19.3. The molecule has 0 aliphatic heterocycles. The Hall–Kier alpha value is -5.17. The Kier molecular flexibility index (Phi) is 14.0. The van der Waals surface area contributed by atoms with E-state index in [4.69, 9.17) is 0 Å². The zero-order chi connectivity index (χ0) is 34.1. The van der Waals surface area contributed by atoms with Crippen molar-refractivity contribution in [2.24, 2.45) is 0 Å². The standard InChI is InChI=1S/C14H13F2N.C13H11F2N.C11H9N.C2H6/c1-14(15,16)10-11-7-8-17-13(9-11)12-5-3-2-4-6-12;1-13(14,15)11-7-8-16-12(9-11)10-5-3-2-4-6-10;1-2-6-10(7-3-1)11-8-4-5-9-12-11;1-2/h2-9H,10H2,1H3;2-9H,1H3;1-9H;1-2H3. The summed E-state index contributed by atoms with van der Waals surface area (Å²) in [6.07, 6.45) is 4.54. The smallest absolute Gasteiger partial charge is 0.256 e. The molecule has 0 saturated heterocycles. The van der Waals surface area contributed by atoms with Crippen LogP contribution in [0.2, 0.25) is 0 Å². The molecule has 0 N–H and O–H groups in total. The first-order valence-corrected chi connectivity index (χ1v) is 15.3. The van der Waals surface area contributed by atoms with E-state index in [0.717, 1.165) is 41.9 Å². The van der Waals surface area contributed by atoms with Crippen molar-refractivity contribution in [3.05, 3.63) is 163 Å². The van der Waals surface area contributed by atoms with Crippen LogP contribution in [0.5, 0.6) is 0 Å². The molecule has 0 amide bonds. The van der Waals surface area contributed by atoms with Crippen LogP contribution in [0.15, 0.2) is 152 Å². The van der Waals surface area contributed by atoms with Gasteiger partial charge in [-0.15, -0.1) is 0 Å². The molecular formula is C40H39F4N3. The lowest BCUT2D eigenvalue weighted by atomic mass is 10.1. The van der Waals surface area contributed by atoms with Gasteiger partial charge in [0.15, 0.2) is 0 Å². The number of pyridine rings is 3. The molecule has 0 saturated carbocycles. The number of benzene rings is 3. The van der Waals surface area contributed by atoms with E-state index in [9.17, 15) is 17.6 Å². The molecule has 0 spiro atoms. The van der Waals surface area contributed by atoms with Gasteiger partial charge < -0.3 is 0 Å². The number of halogens is 4. The topological polar surface area (TPSA) is 38.7 Å². The van der Waals surface area contributed by atoms with Crippen LogP contribution in [0.25, 0.3) is 33.8 Å².